The first kappa shape index (κ1) is 25.9. The van der Waals surface area contributed by atoms with Crippen LogP contribution >= 0.6 is 11.6 Å². The summed E-state index contributed by atoms with van der Waals surface area (Å²) in [6.07, 6.45) is -0.847. The Balaban J connectivity index is 1.99. The molecule has 1 aliphatic rings. The van der Waals surface area contributed by atoms with Crippen molar-refractivity contribution < 1.29 is 23.6 Å². The first-order chi connectivity index (χ1) is 16.2. The van der Waals surface area contributed by atoms with Crippen molar-refractivity contribution in [2.45, 2.75) is 45.3 Å². The van der Waals surface area contributed by atoms with Gasteiger partial charge in [0.15, 0.2) is 0 Å². The van der Waals surface area contributed by atoms with Gasteiger partial charge >= 0.3 is 6.09 Å². The number of ether oxygens (including phenoxy) is 1. The van der Waals surface area contributed by atoms with Crippen molar-refractivity contribution in [2.24, 2.45) is 4.99 Å². The van der Waals surface area contributed by atoms with Gasteiger partial charge in [-0.15, -0.1) is 0 Å². The SMILES string of the molecule is CN1C(=O)C[C@@](C)(c2ccc(F)c(Nc3cc(Cl)ccc3[N+](=O)[O-])c2)N=C1NC(=O)OC(C)(C)C. The number of nitro benzene ring substituents is 1. The van der Waals surface area contributed by atoms with Gasteiger partial charge in [0.1, 0.15) is 17.1 Å². The lowest BCUT2D eigenvalue weighted by atomic mass is 9.87. The summed E-state index contributed by atoms with van der Waals surface area (Å²) in [5.74, 6) is -1.04. The first-order valence-electron chi connectivity index (χ1n) is 10.6. The maximum absolute atomic E-state index is 14.7. The summed E-state index contributed by atoms with van der Waals surface area (Å²) in [6, 6.07) is 7.92. The topological polar surface area (TPSA) is 126 Å². The predicted octanol–water partition coefficient (Wildman–Crippen LogP) is 5.09. The van der Waals surface area contributed by atoms with E-state index in [4.69, 9.17) is 16.3 Å². The number of carbonyl (C=O) groups excluding carboxylic acids is 2. The molecule has 0 radical (unpaired) electrons. The lowest BCUT2D eigenvalue weighted by molar-refractivity contribution is -0.383. The number of benzene rings is 2. The van der Waals surface area contributed by atoms with Crippen molar-refractivity contribution in [2.75, 3.05) is 12.4 Å². The molecule has 2 N–H and O–H groups in total. The molecule has 0 aliphatic carbocycles. The largest absolute Gasteiger partial charge is 0.444 e. The number of halogens is 2. The van der Waals surface area contributed by atoms with Crippen LogP contribution < -0.4 is 10.6 Å². The second-order valence-corrected chi connectivity index (χ2v) is 9.64. The number of alkyl carbamates (subject to hydrolysis) is 1. The maximum atomic E-state index is 14.7. The molecule has 1 aliphatic heterocycles. The molecule has 3 rings (SSSR count). The second kappa shape index (κ2) is 9.49. The van der Waals surface area contributed by atoms with Gasteiger partial charge in [-0.25, -0.2) is 14.2 Å². The highest BCUT2D eigenvalue weighted by Crippen LogP contribution is 2.37. The minimum absolute atomic E-state index is 0.000982. The third kappa shape index (κ3) is 6.04. The predicted molar refractivity (Wildman–Crippen MR) is 129 cm³/mol. The average Bonchev–Trinajstić information content (AvgIpc) is 2.71. The zero-order chi connectivity index (χ0) is 26.1. The summed E-state index contributed by atoms with van der Waals surface area (Å²) < 4.78 is 19.9. The van der Waals surface area contributed by atoms with Gasteiger partial charge in [-0.3, -0.25) is 25.1 Å². The van der Waals surface area contributed by atoms with Crippen LogP contribution in [0, 0.1) is 15.9 Å². The van der Waals surface area contributed by atoms with Crippen LogP contribution in [0.1, 0.15) is 39.7 Å². The molecule has 0 saturated heterocycles. The van der Waals surface area contributed by atoms with Crippen molar-refractivity contribution in [3.05, 3.63) is 62.9 Å². The van der Waals surface area contributed by atoms with Gasteiger partial charge in [0.2, 0.25) is 11.9 Å². The Morgan fingerprint density at radius 1 is 1.26 bits per heavy atom. The van der Waals surface area contributed by atoms with Gasteiger partial charge < -0.3 is 10.1 Å². The normalized spacial score (nSPS) is 18.1. The number of carbonyl (C=O) groups is 2. The highest BCUT2D eigenvalue weighted by atomic mass is 35.5. The van der Waals surface area contributed by atoms with E-state index in [9.17, 15) is 24.1 Å². The maximum Gasteiger partial charge on any atom is 0.414 e. The molecule has 1 atom stereocenters. The fraction of sp³-hybridized carbons (Fsp3) is 0.348. The molecule has 0 spiro atoms. The van der Waals surface area contributed by atoms with E-state index in [1.54, 1.807) is 27.7 Å². The molecular formula is C23H25ClFN5O5. The number of anilines is 2. The van der Waals surface area contributed by atoms with Gasteiger partial charge in [-0.2, -0.15) is 0 Å². The number of hydrogen-bond acceptors (Lipinski definition) is 7. The van der Waals surface area contributed by atoms with Gasteiger partial charge in [-0.05, 0) is 57.5 Å². The number of rotatable bonds is 4. The summed E-state index contributed by atoms with van der Waals surface area (Å²) in [5.41, 5.74) is -1.85. The van der Waals surface area contributed by atoms with E-state index in [1.165, 1.54) is 48.3 Å². The van der Waals surface area contributed by atoms with Crippen LogP contribution in [0.4, 0.5) is 26.2 Å². The Bertz CT molecular complexity index is 1230. The molecule has 186 valence electrons. The second-order valence-electron chi connectivity index (χ2n) is 9.20. The Labute approximate surface area is 206 Å². The molecule has 0 unspecified atom stereocenters. The number of nitro groups is 1. The standard InChI is InChI=1S/C23H25ClFN5O5/c1-22(2,3)35-21(32)27-20-28-23(4,12-19(31)29(20)5)13-6-8-15(25)16(10-13)26-17-11-14(24)7-9-18(17)30(33)34/h6-11,26H,12H2,1-5H3,(H,27,28,32)/t23-/m0/s1. The molecule has 10 nitrogen and oxygen atoms in total. The van der Waals surface area contributed by atoms with E-state index in [-0.39, 0.29) is 40.4 Å². The molecule has 0 saturated carbocycles. The van der Waals surface area contributed by atoms with E-state index < -0.39 is 28.0 Å². The van der Waals surface area contributed by atoms with E-state index in [2.05, 4.69) is 15.6 Å². The van der Waals surface area contributed by atoms with Crippen LogP contribution in [0.2, 0.25) is 5.02 Å². The summed E-state index contributed by atoms with van der Waals surface area (Å²) in [5, 5.41) is 16.8. The van der Waals surface area contributed by atoms with Crippen LogP contribution in [0.5, 0.6) is 0 Å². The minimum Gasteiger partial charge on any atom is -0.444 e. The smallest absolute Gasteiger partial charge is 0.414 e. The quantitative estimate of drug-likeness (QED) is 0.440. The van der Waals surface area contributed by atoms with Crippen molar-refractivity contribution >= 4 is 46.6 Å². The van der Waals surface area contributed by atoms with Crippen LogP contribution in [0.3, 0.4) is 0 Å². The minimum atomic E-state index is -1.17. The Morgan fingerprint density at radius 3 is 2.57 bits per heavy atom. The molecular weight excluding hydrogens is 481 g/mol. The van der Waals surface area contributed by atoms with Crippen LogP contribution in [0.25, 0.3) is 0 Å². The van der Waals surface area contributed by atoms with Crippen molar-refractivity contribution in [3.63, 3.8) is 0 Å². The van der Waals surface area contributed by atoms with E-state index in [0.29, 0.717) is 5.56 Å². The Hall–Kier alpha value is -3.73. The third-order valence-corrected chi connectivity index (χ3v) is 5.40. The van der Waals surface area contributed by atoms with E-state index in [0.717, 1.165) is 0 Å². The Kier molecular flexibility index (Phi) is 7.02. The van der Waals surface area contributed by atoms with Crippen molar-refractivity contribution in [3.8, 4) is 0 Å². The number of aliphatic imine (C=N–C) groups is 1. The van der Waals surface area contributed by atoms with Crippen LogP contribution in [0.15, 0.2) is 41.4 Å². The summed E-state index contributed by atoms with van der Waals surface area (Å²) in [6.45, 7) is 6.76. The number of nitrogens with zero attached hydrogens (tertiary/aromatic N) is 3. The number of guanidine groups is 1. The third-order valence-electron chi connectivity index (χ3n) is 5.17. The zero-order valence-corrected chi connectivity index (χ0v) is 20.6. The fourth-order valence-electron chi connectivity index (χ4n) is 3.42. The van der Waals surface area contributed by atoms with Crippen LogP contribution in [-0.2, 0) is 15.1 Å². The van der Waals surface area contributed by atoms with Crippen molar-refractivity contribution in [1.29, 1.82) is 0 Å². The highest BCUT2D eigenvalue weighted by molar-refractivity contribution is 6.31. The molecule has 2 aromatic rings. The molecule has 0 bridgehead atoms. The van der Waals surface area contributed by atoms with Gasteiger partial charge in [0.25, 0.3) is 5.69 Å². The monoisotopic (exact) mass is 505 g/mol. The molecule has 35 heavy (non-hydrogen) atoms. The van der Waals surface area contributed by atoms with Gasteiger partial charge in [0.05, 0.1) is 22.6 Å². The molecule has 2 aromatic carbocycles. The van der Waals surface area contributed by atoms with Crippen LogP contribution in [-0.4, -0.2) is 40.4 Å². The summed E-state index contributed by atoms with van der Waals surface area (Å²) in [7, 11) is 1.47. The number of hydrogen-bond donors (Lipinski definition) is 2. The van der Waals surface area contributed by atoms with E-state index in [1.807, 2.05) is 0 Å². The lowest BCUT2D eigenvalue weighted by Crippen LogP contribution is -2.52. The average molecular weight is 506 g/mol. The summed E-state index contributed by atoms with van der Waals surface area (Å²) in [4.78, 5) is 41.5. The molecule has 2 amide bonds. The number of nitrogens with one attached hydrogen (secondary N) is 2. The fourth-order valence-corrected chi connectivity index (χ4v) is 3.59. The van der Waals surface area contributed by atoms with Crippen molar-refractivity contribution in [1.82, 2.24) is 10.2 Å². The molecule has 1 heterocycles. The zero-order valence-electron chi connectivity index (χ0n) is 19.8. The Morgan fingerprint density at radius 2 is 1.94 bits per heavy atom. The lowest BCUT2D eigenvalue weighted by Gasteiger charge is -2.35. The van der Waals surface area contributed by atoms with Gasteiger partial charge in [-0.1, -0.05) is 17.7 Å². The first-order valence-corrected chi connectivity index (χ1v) is 10.9. The summed E-state index contributed by atoms with van der Waals surface area (Å²) >= 11 is 5.97. The van der Waals surface area contributed by atoms with E-state index >= 15 is 0 Å². The molecule has 0 aromatic heterocycles. The number of amides is 2. The van der Waals surface area contributed by atoms with Gasteiger partial charge in [0, 0.05) is 18.1 Å². The molecule has 0 fully saturated rings. The molecule has 12 heteroatoms. The highest BCUT2D eigenvalue weighted by Gasteiger charge is 2.38.